The van der Waals surface area contributed by atoms with E-state index in [1.807, 2.05) is 29.2 Å². The zero-order chi connectivity index (χ0) is 13.2. The quantitative estimate of drug-likeness (QED) is 0.796. The Balaban J connectivity index is 1.73. The molecule has 0 aliphatic carbocycles. The Labute approximate surface area is 120 Å². The van der Waals surface area contributed by atoms with Crippen LogP contribution in [0.15, 0.2) is 29.2 Å². The second-order valence-electron chi connectivity index (χ2n) is 5.48. The molecule has 0 bridgehead atoms. The lowest BCUT2D eigenvalue weighted by Gasteiger charge is -2.25. The van der Waals surface area contributed by atoms with Gasteiger partial charge in [0.25, 0.3) is 5.91 Å². The summed E-state index contributed by atoms with van der Waals surface area (Å²) in [5.41, 5.74) is 0.782. The van der Waals surface area contributed by atoms with Crippen LogP contribution < -0.4 is 0 Å². The molecular weight excluding hydrogens is 256 g/mol. The van der Waals surface area contributed by atoms with Crippen molar-refractivity contribution in [1.82, 2.24) is 9.80 Å². The van der Waals surface area contributed by atoms with E-state index in [9.17, 15) is 4.79 Å². The molecule has 0 spiro atoms. The number of thiol groups is 1. The highest BCUT2D eigenvalue weighted by Crippen LogP contribution is 2.22. The van der Waals surface area contributed by atoms with E-state index in [4.69, 9.17) is 0 Å². The Morgan fingerprint density at radius 1 is 1.11 bits per heavy atom. The summed E-state index contributed by atoms with van der Waals surface area (Å²) in [7, 11) is 0. The van der Waals surface area contributed by atoms with Crippen LogP contribution in [0.1, 0.15) is 29.6 Å². The van der Waals surface area contributed by atoms with Gasteiger partial charge in [0.2, 0.25) is 0 Å². The van der Waals surface area contributed by atoms with Gasteiger partial charge < -0.3 is 4.90 Å². The van der Waals surface area contributed by atoms with Crippen molar-refractivity contribution in [3.8, 4) is 0 Å². The number of fused-ring (bicyclic) bond motifs is 1. The molecule has 3 rings (SSSR count). The van der Waals surface area contributed by atoms with Crippen LogP contribution in [-0.2, 0) is 0 Å². The molecule has 0 radical (unpaired) electrons. The molecular formula is C15H20N2OS. The Morgan fingerprint density at radius 3 is 2.63 bits per heavy atom. The average molecular weight is 276 g/mol. The zero-order valence-corrected chi connectivity index (χ0v) is 12.0. The van der Waals surface area contributed by atoms with Gasteiger partial charge in [-0.2, -0.15) is 0 Å². The molecule has 0 saturated carbocycles. The van der Waals surface area contributed by atoms with Crippen molar-refractivity contribution in [2.75, 3.05) is 26.2 Å². The van der Waals surface area contributed by atoms with Crippen molar-refractivity contribution in [2.24, 2.45) is 0 Å². The lowest BCUT2D eigenvalue weighted by molar-refractivity contribution is 0.0743. The number of carbonyl (C=O) groups is 1. The predicted molar refractivity (Wildman–Crippen MR) is 78.8 cm³/mol. The number of nitrogens with zero attached hydrogens (tertiary/aromatic N) is 2. The van der Waals surface area contributed by atoms with Crippen LogP contribution in [0, 0.1) is 0 Å². The molecule has 1 atom stereocenters. The molecule has 1 aromatic carbocycles. The first-order valence-corrected chi connectivity index (χ1v) is 7.51. The number of rotatable bonds is 1. The second-order valence-corrected chi connectivity index (χ2v) is 6.00. The summed E-state index contributed by atoms with van der Waals surface area (Å²) in [5.74, 6) is 0.169. The van der Waals surface area contributed by atoms with Gasteiger partial charge in [-0.05, 0) is 50.1 Å². The van der Waals surface area contributed by atoms with E-state index in [1.165, 1.54) is 19.4 Å². The Morgan fingerprint density at radius 2 is 1.84 bits per heavy atom. The van der Waals surface area contributed by atoms with Crippen molar-refractivity contribution in [1.29, 1.82) is 0 Å². The van der Waals surface area contributed by atoms with Crippen LogP contribution in [0.2, 0.25) is 0 Å². The van der Waals surface area contributed by atoms with Gasteiger partial charge in [0.1, 0.15) is 0 Å². The highest BCUT2D eigenvalue weighted by Gasteiger charge is 2.30. The first-order chi connectivity index (χ1) is 9.24. The van der Waals surface area contributed by atoms with E-state index in [0.717, 1.165) is 36.5 Å². The number of hydrogen-bond donors (Lipinski definition) is 1. The molecule has 2 aliphatic heterocycles. The maximum atomic E-state index is 12.5. The normalized spacial score (nSPS) is 24.1. The van der Waals surface area contributed by atoms with Crippen LogP contribution in [0.25, 0.3) is 0 Å². The second kappa shape index (κ2) is 5.55. The molecule has 19 heavy (non-hydrogen) atoms. The Kier molecular flexibility index (Phi) is 3.80. The smallest absolute Gasteiger partial charge is 0.253 e. The topological polar surface area (TPSA) is 23.6 Å². The van der Waals surface area contributed by atoms with Gasteiger partial charge in [-0.15, -0.1) is 12.6 Å². The summed E-state index contributed by atoms with van der Waals surface area (Å²) >= 11 is 4.26. The average Bonchev–Trinajstić information content (AvgIpc) is 2.76. The fraction of sp³-hybridized carbons (Fsp3) is 0.533. The van der Waals surface area contributed by atoms with Gasteiger partial charge in [0, 0.05) is 36.1 Å². The maximum absolute atomic E-state index is 12.5. The molecule has 1 aromatic rings. The molecule has 0 N–H and O–H groups in total. The van der Waals surface area contributed by atoms with Crippen molar-refractivity contribution >= 4 is 18.5 Å². The minimum atomic E-state index is 0.169. The summed E-state index contributed by atoms with van der Waals surface area (Å²) < 4.78 is 0. The molecule has 1 amide bonds. The van der Waals surface area contributed by atoms with Crippen LogP contribution in [-0.4, -0.2) is 47.9 Å². The molecule has 2 saturated heterocycles. The number of amides is 1. The minimum Gasteiger partial charge on any atom is -0.337 e. The third-order valence-corrected chi connectivity index (χ3v) is 4.50. The van der Waals surface area contributed by atoms with Crippen molar-refractivity contribution in [2.45, 2.75) is 30.2 Å². The standard InChI is InChI=1S/C15H20N2OS/c18-15(12-4-6-14(19)7-5-12)17-10-2-9-16-8-1-3-13(16)11-17/h4-7,13,19H,1-3,8-11H2. The van der Waals surface area contributed by atoms with Gasteiger partial charge in [-0.25, -0.2) is 0 Å². The molecule has 2 heterocycles. The first kappa shape index (κ1) is 13.0. The fourth-order valence-electron chi connectivity index (χ4n) is 3.18. The molecule has 2 fully saturated rings. The molecule has 0 aromatic heterocycles. The number of hydrogen-bond acceptors (Lipinski definition) is 3. The van der Waals surface area contributed by atoms with Crippen molar-refractivity contribution < 1.29 is 4.79 Å². The van der Waals surface area contributed by atoms with Gasteiger partial charge in [-0.1, -0.05) is 0 Å². The van der Waals surface area contributed by atoms with Crippen LogP contribution in [0.3, 0.4) is 0 Å². The lowest BCUT2D eigenvalue weighted by Crippen LogP contribution is -2.39. The summed E-state index contributed by atoms with van der Waals surface area (Å²) in [6.07, 6.45) is 3.60. The van der Waals surface area contributed by atoms with E-state index in [0.29, 0.717) is 6.04 Å². The minimum absolute atomic E-state index is 0.169. The van der Waals surface area contributed by atoms with Gasteiger partial charge in [-0.3, -0.25) is 9.69 Å². The van der Waals surface area contributed by atoms with E-state index in [2.05, 4.69) is 17.5 Å². The van der Waals surface area contributed by atoms with Crippen molar-refractivity contribution in [3.63, 3.8) is 0 Å². The van der Waals surface area contributed by atoms with Gasteiger partial charge in [0.05, 0.1) is 0 Å². The van der Waals surface area contributed by atoms with Crippen LogP contribution in [0.4, 0.5) is 0 Å². The Bertz CT molecular complexity index is 460. The number of benzene rings is 1. The van der Waals surface area contributed by atoms with Gasteiger partial charge in [0.15, 0.2) is 0 Å². The Hall–Kier alpha value is -1.00. The van der Waals surface area contributed by atoms with Crippen molar-refractivity contribution in [3.05, 3.63) is 29.8 Å². The molecule has 2 aliphatic rings. The highest BCUT2D eigenvalue weighted by atomic mass is 32.1. The summed E-state index contributed by atoms with van der Waals surface area (Å²) in [6.45, 7) is 4.13. The van der Waals surface area contributed by atoms with E-state index in [-0.39, 0.29) is 5.91 Å². The SMILES string of the molecule is O=C(c1ccc(S)cc1)N1CCCN2CCCC2C1. The van der Waals surface area contributed by atoms with E-state index >= 15 is 0 Å². The first-order valence-electron chi connectivity index (χ1n) is 7.06. The predicted octanol–water partition coefficient (Wildman–Crippen LogP) is 2.29. The third kappa shape index (κ3) is 2.79. The highest BCUT2D eigenvalue weighted by molar-refractivity contribution is 7.80. The van der Waals surface area contributed by atoms with E-state index in [1.54, 1.807) is 0 Å². The molecule has 3 nitrogen and oxygen atoms in total. The molecule has 1 unspecified atom stereocenters. The largest absolute Gasteiger partial charge is 0.337 e. The zero-order valence-electron chi connectivity index (χ0n) is 11.1. The summed E-state index contributed by atoms with van der Waals surface area (Å²) in [4.78, 5) is 18.0. The van der Waals surface area contributed by atoms with Crippen LogP contribution in [0.5, 0.6) is 0 Å². The monoisotopic (exact) mass is 276 g/mol. The van der Waals surface area contributed by atoms with Gasteiger partial charge >= 0.3 is 0 Å². The van der Waals surface area contributed by atoms with Crippen LogP contribution >= 0.6 is 12.6 Å². The summed E-state index contributed by atoms with van der Waals surface area (Å²) in [5, 5.41) is 0. The summed E-state index contributed by atoms with van der Waals surface area (Å²) in [6, 6.07) is 8.10. The van der Waals surface area contributed by atoms with E-state index < -0.39 is 0 Å². The molecule has 102 valence electrons. The third-order valence-electron chi connectivity index (χ3n) is 4.21. The maximum Gasteiger partial charge on any atom is 0.253 e. The lowest BCUT2D eigenvalue weighted by atomic mass is 10.1. The molecule has 4 heteroatoms. The fourth-order valence-corrected chi connectivity index (χ4v) is 3.33. The number of carbonyl (C=O) groups excluding carboxylic acids is 1.